The first-order valence-corrected chi connectivity index (χ1v) is 5.18. The molecule has 2 rings (SSSR count). The van der Waals surface area contributed by atoms with Crippen LogP contribution in [0.1, 0.15) is 32.6 Å². The van der Waals surface area contributed by atoms with E-state index in [9.17, 15) is 5.11 Å². The fourth-order valence-corrected chi connectivity index (χ4v) is 2.72. The van der Waals surface area contributed by atoms with Gasteiger partial charge >= 0.3 is 0 Å². The Morgan fingerprint density at radius 2 is 2.38 bits per heavy atom. The largest absolute Gasteiger partial charge is 0.390 e. The Bertz CT molecular complexity index is 250. The van der Waals surface area contributed by atoms with Gasteiger partial charge in [0.2, 0.25) is 0 Å². The molecular weight excluding hydrogens is 160 g/mol. The first-order chi connectivity index (χ1) is 6.11. The van der Waals surface area contributed by atoms with Crippen molar-refractivity contribution in [3.8, 4) is 0 Å². The van der Waals surface area contributed by atoms with Crippen molar-refractivity contribution in [2.75, 3.05) is 0 Å². The summed E-state index contributed by atoms with van der Waals surface area (Å²) in [6.45, 7) is 6.09. The third-order valence-corrected chi connectivity index (χ3v) is 3.61. The Hall–Kier alpha value is -0.560. The lowest BCUT2D eigenvalue weighted by atomic mass is 9.84. The van der Waals surface area contributed by atoms with Crippen molar-refractivity contribution in [3.63, 3.8) is 0 Å². The van der Waals surface area contributed by atoms with E-state index in [4.69, 9.17) is 0 Å². The first kappa shape index (κ1) is 9.01. The maximum absolute atomic E-state index is 10.1. The summed E-state index contributed by atoms with van der Waals surface area (Å²) >= 11 is 0. The third-order valence-electron chi connectivity index (χ3n) is 3.61. The molecule has 1 heteroatoms. The lowest BCUT2D eigenvalue weighted by Crippen LogP contribution is -2.30. The van der Waals surface area contributed by atoms with Crippen molar-refractivity contribution >= 4 is 0 Å². The van der Waals surface area contributed by atoms with E-state index in [1.165, 1.54) is 5.57 Å². The number of hydrogen-bond donors (Lipinski definition) is 1. The second-order valence-electron chi connectivity index (χ2n) is 4.65. The molecule has 2 aliphatic rings. The third kappa shape index (κ3) is 1.46. The summed E-state index contributed by atoms with van der Waals surface area (Å²) in [7, 11) is 0. The molecule has 0 aromatic heterocycles. The van der Waals surface area contributed by atoms with Crippen LogP contribution in [0.2, 0.25) is 0 Å². The van der Waals surface area contributed by atoms with Crippen molar-refractivity contribution in [3.05, 3.63) is 24.3 Å². The molecule has 0 aliphatic heterocycles. The summed E-state index contributed by atoms with van der Waals surface area (Å²) in [6.07, 6.45) is 8.65. The maximum atomic E-state index is 10.1. The van der Waals surface area contributed by atoms with Crippen LogP contribution in [-0.2, 0) is 0 Å². The van der Waals surface area contributed by atoms with Crippen molar-refractivity contribution in [1.29, 1.82) is 0 Å². The van der Waals surface area contributed by atoms with Crippen molar-refractivity contribution in [2.45, 2.75) is 38.2 Å². The van der Waals surface area contributed by atoms with Gasteiger partial charge in [-0.25, -0.2) is 0 Å². The second kappa shape index (κ2) is 2.98. The number of aliphatic hydroxyl groups is 1. The quantitative estimate of drug-likeness (QED) is 0.565. The average molecular weight is 178 g/mol. The highest BCUT2D eigenvalue weighted by atomic mass is 16.3. The summed E-state index contributed by atoms with van der Waals surface area (Å²) in [5.74, 6) is 0.858. The van der Waals surface area contributed by atoms with E-state index in [0.29, 0.717) is 11.8 Å². The SMILES string of the molecule is C=C1CCC=C[C@@H]2[C@@H]1CC[C@@]2(C)O. The molecule has 0 aromatic rings. The Morgan fingerprint density at radius 1 is 1.62 bits per heavy atom. The molecule has 0 heterocycles. The molecule has 0 radical (unpaired) electrons. The van der Waals surface area contributed by atoms with E-state index in [0.717, 1.165) is 25.7 Å². The zero-order valence-corrected chi connectivity index (χ0v) is 8.29. The predicted octanol–water partition coefficient (Wildman–Crippen LogP) is 2.67. The van der Waals surface area contributed by atoms with Crippen LogP contribution in [-0.4, -0.2) is 10.7 Å². The van der Waals surface area contributed by atoms with Crippen LogP contribution in [0.3, 0.4) is 0 Å². The van der Waals surface area contributed by atoms with Gasteiger partial charge in [-0.15, -0.1) is 0 Å². The van der Waals surface area contributed by atoms with E-state index in [1.807, 2.05) is 6.92 Å². The highest BCUT2D eigenvalue weighted by molar-refractivity contribution is 5.18. The molecule has 72 valence electrons. The predicted molar refractivity (Wildman–Crippen MR) is 54.4 cm³/mol. The van der Waals surface area contributed by atoms with Gasteiger partial charge < -0.3 is 5.11 Å². The minimum atomic E-state index is -0.492. The van der Waals surface area contributed by atoms with Crippen molar-refractivity contribution in [1.82, 2.24) is 0 Å². The van der Waals surface area contributed by atoms with Gasteiger partial charge in [0.1, 0.15) is 0 Å². The van der Waals surface area contributed by atoms with Gasteiger partial charge in [0.15, 0.2) is 0 Å². The first-order valence-electron chi connectivity index (χ1n) is 5.18. The molecule has 0 bridgehead atoms. The van der Waals surface area contributed by atoms with E-state index in [2.05, 4.69) is 18.7 Å². The monoisotopic (exact) mass is 178 g/mol. The topological polar surface area (TPSA) is 20.2 Å². The molecule has 13 heavy (non-hydrogen) atoms. The summed E-state index contributed by atoms with van der Waals surface area (Å²) in [5, 5.41) is 10.1. The van der Waals surface area contributed by atoms with Crippen molar-refractivity contribution < 1.29 is 5.11 Å². The van der Waals surface area contributed by atoms with E-state index < -0.39 is 5.60 Å². The molecule has 1 fully saturated rings. The molecule has 1 N–H and O–H groups in total. The molecule has 0 spiro atoms. The number of allylic oxidation sites excluding steroid dienone is 2. The smallest absolute Gasteiger partial charge is 0.0688 e. The standard InChI is InChI=1S/C12H18O/c1-9-5-3-4-6-11-10(9)7-8-12(11,2)13/h4,6,10-11,13H,1,3,5,7-8H2,2H3/t10-,11-,12-/m1/s1. The van der Waals surface area contributed by atoms with Crippen molar-refractivity contribution in [2.24, 2.45) is 11.8 Å². The van der Waals surface area contributed by atoms with Crippen LogP contribution in [0.5, 0.6) is 0 Å². The zero-order chi connectivity index (χ0) is 9.47. The lowest BCUT2D eigenvalue weighted by Gasteiger charge is -2.26. The Balaban J connectivity index is 2.28. The molecule has 2 aliphatic carbocycles. The van der Waals surface area contributed by atoms with E-state index in [-0.39, 0.29) is 0 Å². The van der Waals surface area contributed by atoms with Crippen LogP contribution in [0, 0.1) is 11.8 Å². The number of hydrogen-bond acceptors (Lipinski definition) is 1. The molecule has 0 aromatic carbocycles. The van der Waals surface area contributed by atoms with Crippen LogP contribution >= 0.6 is 0 Å². The Kier molecular flexibility index (Phi) is 2.07. The van der Waals surface area contributed by atoms with E-state index in [1.54, 1.807) is 0 Å². The second-order valence-corrected chi connectivity index (χ2v) is 4.65. The summed E-state index contributed by atoms with van der Waals surface area (Å²) in [6, 6.07) is 0. The van der Waals surface area contributed by atoms with Gasteiger partial charge in [0.25, 0.3) is 0 Å². The van der Waals surface area contributed by atoms with Gasteiger partial charge in [0.05, 0.1) is 5.60 Å². The van der Waals surface area contributed by atoms with Crippen LogP contribution in [0.4, 0.5) is 0 Å². The van der Waals surface area contributed by atoms with Gasteiger partial charge in [-0.05, 0) is 38.5 Å². The highest BCUT2D eigenvalue weighted by Crippen LogP contribution is 2.46. The summed E-state index contributed by atoms with van der Waals surface area (Å²) in [4.78, 5) is 0. The van der Waals surface area contributed by atoms with Gasteiger partial charge in [-0.1, -0.05) is 24.3 Å². The van der Waals surface area contributed by atoms with Crippen LogP contribution < -0.4 is 0 Å². The van der Waals surface area contributed by atoms with Gasteiger partial charge in [0, 0.05) is 5.92 Å². The lowest BCUT2D eigenvalue weighted by molar-refractivity contribution is 0.0333. The van der Waals surface area contributed by atoms with Gasteiger partial charge in [-0.2, -0.15) is 0 Å². The number of fused-ring (bicyclic) bond motifs is 1. The highest BCUT2D eigenvalue weighted by Gasteiger charge is 2.43. The Morgan fingerprint density at radius 3 is 3.15 bits per heavy atom. The average Bonchev–Trinajstić information content (AvgIpc) is 2.26. The molecule has 3 atom stereocenters. The van der Waals surface area contributed by atoms with E-state index >= 15 is 0 Å². The molecule has 1 saturated carbocycles. The summed E-state index contributed by atoms with van der Waals surface area (Å²) < 4.78 is 0. The van der Waals surface area contributed by atoms with Crippen LogP contribution in [0.15, 0.2) is 24.3 Å². The van der Waals surface area contributed by atoms with Gasteiger partial charge in [-0.3, -0.25) is 0 Å². The number of rotatable bonds is 0. The minimum Gasteiger partial charge on any atom is -0.390 e. The molecule has 1 nitrogen and oxygen atoms in total. The fraction of sp³-hybridized carbons (Fsp3) is 0.667. The molecule has 0 saturated heterocycles. The zero-order valence-electron chi connectivity index (χ0n) is 8.29. The Labute approximate surface area is 80.2 Å². The normalized spacial score (nSPS) is 44.6. The summed E-state index contributed by atoms with van der Waals surface area (Å²) in [5.41, 5.74) is 0.849. The fourth-order valence-electron chi connectivity index (χ4n) is 2.72. The molecule has 0 amide bonds. The van der Waals surface area contributed by atoms with Crippen LogP contribution in [0.25, 0.3) is 0 Å². The minimum absolute atomic E-state index is 0.322. The molecular formula is C12H18O. The maximum Gasteiger partial charge on any atom is 0.0688 e. The molecule has 0 unspecified atom stereocenters.